The van der Waals surface area contributed by atoms with Gasteiger partial charge in [-0.15, -0.1) is 0 Å². The van der Waals surface area contributed by atoms with Crippen LogP contribution in [0.15, 0.2) is 18.5 Å². The lowest BCUT2D eigenvalue weighted by atomic mass is 10.2. The van der Waals surface area contributed by atoms with Crippen molar-refractivity contribution in [2.24, 2.45) is 5.73 Å². The molecule has 0 saturated carbocycles. The van der Waals surface area contributed by atoms with Gasteiger partial charge >= 0.3 is 12.0 Å². The third kappa shape index (κ3) is 1.39. The van der Waals surface area contributed by atoms with Crippen LogP contribution in [0, 0.1) is 0 Å². The first-order valence-electron chi connectivity index (χ1n) is 3.96. The standard InChI is InChI=1S/C8H6N4O3/c9-8(15)12-6-4(3-11-12)1-5(2-10-6)7(13)14/h1-3H,(H2,9,15)(H,13,14). The van der Waals surface area contributed by atoms with Crippen molar-refractivity contribution in [2.75, 3.05) is 0 Å². The molecule has 76 valence electrons. The first-order valence-corrected chi connectivity index (χ1v) is 3.96. The smallest absolute Gasteiger partial charge is 0.341 e. The molecule has 2 heterocycles. The van der Waals surface area contributed by atoms with E-state index in [-0.39, 0.29) is 11.2 Å². The van der Waals surface area contributed by atoms with E-state index < -0.39 is 12.0 Å². The fraction of sp³-hybridized carbons (Fsp3) is 0. The summed E-state index contributed by atoms with van der Waals surface area (Å²) in [6.45, 7) is 0. The number of primary amides is 1. The van der Waals surface area contributed by atoms with Gasteiger partial charge in [0.1, 0.15) is 0 Å². The Morgan fingerprint density at radius 1 is 1.40 bits per heavy atom. The maximum absolute atomic E-state index is 10.9. The van der Waals surface area contributed by atoms with Gasteiger partial charge in [0.15, 0.2) is 5.65 Å². The van der Waals surface area contributed by atoms with Gasteiger partial charge in [-0.1, -0.05) is 0 Å². The minimum atomic E-state index is -1.09. The van der Waals surface area contributed by atoms with Crippen molar-refractivity contribution in [2.45, 2.75) is 0 Å². The Bertz CT molecular complexity index is 560. The van der Waals surface area contributed by atoms with Gasteiger partial charge in [-0.05, 0) is 6.07 Å². The summed E-state index contributed by atoms with van der Waals surface area (Å²) in [5.74, 6) is -1.09. The van der Waals surface area contributed by atoms with Gasteiger partial charge in [-0.3, -0.25) is 0 Å². The van der Waals surface area contributed by atoms with Crippen molar-refractivity contribution >= 4 is 23.0 Å². The van der Waals surface area contributed by atoms with Crippen LogP contribution in [0.2, 0.25) is 0 Å². The molecule has 0 aromatic carbocycles. The van der Waals surface area contributed by atoms with Crippen molar-refractivity contribution in [3.63, 3.8) is 0 Å². The zero-order valence-electron chi connectivity index (χ0n) is 7.41. The number of carbonyl (C=O) groups excluding carboxylic acids is 1. The third-order valence-electron chi connectivity index (χ3n) is 1.86. The Kier molecular flexibility index (Phi) is 1.86. The fourth-order valence-electron chi connectivity index (χ4n) is 1.20. The second kappa shape index (κ2) is 3.05. The van der Waals surface area contributed by atoms with Gasteiger partial charge < -0.3 is 10.8 Å². The molecule has 0 aliphatic carbocycles. The maximum atomic E-state index is 10.9. The quantitative estimate of drug-likeness (QED) is 0.685. The third-order valence-corrected chi connectivity index (χ3v) is 1.86. The Hall–Kier alpha value is -2.44. The molecular formula is C8H6N4O3. The van der Waals surface area contributed by atoms with Crippen molar-refractivity contribution < 1.29 is 14.7 Å². The zero-order chi connectivity index (χ0) is 11.0. The van der Waals surface area contributed by atoms with Crippen LogP contribution >= 0.6 is 0 Å². The Balaban J connectivity index is 2.66. The SMILES string of the molecule is NC(=O)n1ncc2cc(C(=O)O)cnc21. The Labute approximate surface area is 83.1 Å². The molecule has 2 rings (SSSR count). The van der Waals surface area contributed by atoms with Crippen molar-refractivity contribution in [1.82, 2.24) is 14.8 Å². The zero-order valence-corrected chi connectivity index (χ0v) is 7.41. The highest BCUT2D eigenvalue weighted by Crippen LogP contribution is 2.12. The molecule has 7 nitrogen and oxygen atoms in total. The minimum Gasteiger partial charge on any atom is -0.478 e. The lowest BCUT2D eigenvalue weighted by Gasteiger charge is -1.96. The van der Waals surface area contributed by atoms with E-state index in [9.17, 15) is 9.59 Å². The number of fused-ring (bicyclic) bond motifs is 1. The summed E-state index contributed by atoms with van der Waals surface area (Å²) in [7, 11) is 0. The molecule has 0 aliphatic heterocycles. The summed E-state index contributed by atoms with van der Waals surface area (Å²) in [5.41, 5.74) is 5.30. The Morgan fingerprint density at radius 3 is 2.73 bits per heavy atom. The van der Waals surface area contributed by atoms with Crippen LogP contribution in [-0.4, -0.2) is 31.9 Å². The van der Waals surface area contributed by atoms with Crippen LogP contribution in [-0.2, 0) is 0 Å². The number of carboxylic acid groups (broad SMARTS) is 1. The fourth-order valence-corrected chi connectivity index (χ4v) is 1.20. The molecular weight excluding hydrogens is 200 g/mol. The van der Waals surface area contributed by atoms with E-state index in [0.717, 1.165) is 10.9 Å². The largest absolute Gasteiger partial charge is 0.478 e. The monoisotopic (exact) mass is 206 g/mol. The van der Waals surface area contributed by atoms with Crippen molar-refractivity contribution in [3.05, 3.63) is 24.0 Å². The van der Waals surface area contributed by atoms with E-state index in [2.05, 4.69) is 10.1 Å². The first kappa shape index (κ1) is 9.13. The molecule has 1 amide bonds. The molecule has 0 fully saturated rings. The summed E-state index contributed by atoms with van der Waals surface area (Å²) >= 11 is 0. The van der Waals surface area contributed by atoms with E-state index in [1.165, 1.54) is 12.3 Å². The number of pyridine rings is 1. The van der Waals surface area contributed by atoms with Gasteiger partial charge in [0, 0.05) is 11.6 Å². The first-order chi connectivity index (χ1) is 7.09. The van der Waals surface area contributed by atoms with Crippen molar-refractivity contribution in [1.29, 1.82) is 0 Å². The van der Waals surface area contributed by atoms with E-state index in [1.54, 1.807) is 0 Å². The summed E-state index contributed by atoms with van der Waals surface area (Å²) in [4.78, 5) is 25.3. The van der Waals surface area contributed by atoms with Gasteiger partial charge in [0.2, 0.25) is 0 Å². The lowest BCUT2D eigenvalue weighted by molar-refractivity contribution is 0.0696. The van der Waals surface area contributed by atoms with Gasteiger partial charge in [0.25, 0.3) is 0 Å². The van der Waals surface area contributed by atoms with Gasteiger partial charge in [-0.2, -0.15) is 9.78 Å². The number of nitrogens with two attached hydrogens (primary N) is 1. The molecule has 0 atom stereocenters. The summed E-state index contributed by atoms with van der Waals surface area (Å²) < 4.78 is 0.904. The number of hydrogen-bond donors (Lipinski definition) is 2. The summed E-state index contributed by atoms with van der Waals surface area (Å²) in [6.07, 6.45) is 2.48. The van der Waals surface area contributed by atoms with Crippen LogP contribution < -0.4 is 5.73 Å². The number of carbonyl (C=O) groups is 2. The molecule has 0 radical (unpaired) electrons. The molecule has 0 spiro atoms. The maximum Gasteiger partial charge on any atom is 0.341 e. The number of nitrogens with zero attached hydrogens (tertiary/aromatic N) is 3. The lowest BCUT2D eigenvalue weighted by Crippen LogP contribution is -2.20. The predicted molar refractivity (Wildman–Crippen MR) is 49.5 cm³/mol. The van der Waals surface area contributed by atoms with Crippen LogP contribution in [0.1, 0.15) is 10.4 Å². The van der Waals surface area contributed by atoms with Gasteiger partial charge in [0.05, 0.1) is 11.8 Å². The number of rotatable bonds is 1. The average molecular weight is 206 g/mol. The molecule has 0 saturated heterocycles. The highest BCUT2D eigenvalue weighted by atomic mass is 16.4. The van der Waals surface area contributed by atoms with E-state index >= 15 is 0 Å². The number of aromatic nitrogens is 3. The molecule has 3 N–H and O–H groups in total. The molecule has 15 heavy (non-hydrogen) atoms. The molecule has 0 bridgehead atoms. The van der Waals surface area contributed by atoms with Crippen LogP contribution in [0.25, 0.3) is 11.0 Å². The van der Waals surface area contributed by atoms with Crippen molar-refractivity contribution in [3.8, 4) is 0 Å². The normalized spacial score (nSPS) is 10.4. The summed E-state index contributed by atoms with van der Waals surface area (Å²) in [6, 6.07) is 0.609. The number of amides is 1. The predicted octanol–water partition coefficient (Wildman–Crippen LogP) is 0.0563. The van der Waals surface area contributed by atoms with E-state index in [0.29, 0.717) is 5.39 Å². The average Bonchev–Trinajstić information content (AvgIpc) is 2.59. The number of carboxylic acids is 1. The highest BCUT2D eigenvalue weighted by Gasteiger charge is 2.11. The molecule has 2 aromatic heterocycles. The number of hydrogen-bond acceptors (Lipinski definition) is 4. The van der Waals surface area contributed by atoms with E-state index in [1.807, 2.05) is 0 Å². The summed E-state index contributed by atoms with van der Waals surface area (Å²) in [5, 5.41) is 12.8. The second-order valence-corrected chi connectivity index (χ2v) is 2.84. The van der Waals surface area contributed by atoms with Crippen LogP contribution in [0.4, 0.5) is 4.79 Å². The Morgan fingerprint density at radius 2 is 2.13 bits per heavy atom. The van der Waals surface area contributed by atoms with Crippen LogP contribution in [0.3, 0.4) is 0 Å². The molecule has 7 heteroatoms. The van der Waals surface area contributed by atoms with Gasteiger partial charge in [-0.25, -0.2) is 14.6 Å². The van der Waals surface area contributed by atoms with Crippen LogP contribution in [0.5, 0.6) is 0 Å². The second-order valence-electron chi connectivity index (χ2n) is 2.84. The highest BCUT2D eigenvalue weighted by molar-refractivity contribution is 5.93. The minimum absolute atomic E-state index is 0.0338. The molecule has 0 aliphatic rings. The topological polar surface area (TPSA) is 111 Å². The molecule has 0 unspecified atom stereocenters. The number of aromatic carboxylic acids is 1. The van der Waals surface area contributed by atoms with E-state index in [4.69, 9.17) is 10.8 Å². The molecule has 2 aromatic rings.